The molecule has 2 N–H and O–H groups in total. The highest BCUT2D eigenvalue weighted by Gasteiger charge is 2.30. The van der Waals surface area contributed by atoms with E-state index in [0.29, 0.717) is 64.9 Å². The Hall–Kier alpha value is -4.56. The van der Waals surface area contributed by atoms with Crippen LogP contribution in [-0.2, 0) is 44.4 Å². The Bertz CT molecular complexity index is 1970. The van der Waals surface area contributed by atoms with Crippen LogP contribution in [0.25, 0.3) is 11.1 Å². The number of thiocarbonyl (C=S) groups is 1. The van der Waals surface area contributed by atoms with Crippen molar-refractivity contribution in [1.29, 1.82) is 0 Å². The Labute approximate surface area is 283 Å². The van der Waals surface area contributed by atoms with E-state index >= 15 is 0 Å². The Morgan fingerprint density at radius 1 is 0.875 bits per heavy atom. The molecule has 2 aromatic heterocycles. The molecule has 0 unspecified atom stereocenters. The predicted octanol–water partition coefficient (Wildman–Crippen LogP) is 6.13. The highest BCUT2D eigenvalue weighted by Crippen LogP contribution is 2.31. The Balaban J connectivity index is 1.30. The van der Waals surface area contributed by atoms with Gasteiger partial charge in [-0.3, -0.25) is 4.79 Å². The first-order valence-electron chi connectivity index (χ1n) is 15.2. The molecule has 0 amide bonds. The lowest BCUT2D eigenvalue weighted by molar-refractivity contribution is -0.137. The van der Waals surface area contributed by atoms with Crippen molar-refractivity contribution in [2.24, 2.45) is 0 Å². The summed E-state index contributed by atoms with van der Waals surface area (Å²) in [6.07, 6.45) is -2.14. The van der Waals surface area contributed by atoms with Crippen molar-refractivity contribution in [3.63, 3.8) is 0 Å². The molecular weight excluding hydrogens is 663 g/mol. The monoisotopic (exact) mass is 693 g/mol. The quantitative estimate of drug-likeness (QED) is 0.0782. The molecule has 1 aliphatic carbocycles. The number of benzene rings is 3. The lowest BCUT2D eigenvalue weighted by atomic mass is 10.0. The van der Waals surface area contributed by atoms with Gasteiger partial charge in [0.25, 0.3) is 5.56 Å². The van der Waals surface area contributed by atoms with Crippen molar-refractivity contribution in [3.05, 3.63) is 129 Å². The third-order valence-electron chi connectivity index (χ3n) is 8.16. The molecule has 48 heavy (non-hydrogen) atoms. The smallest absolute Gasteiger partial charge is 0.366 e. The molecular formula is C34H31F4N7OS2. The van der Waals surface area contributed by atoms with Gasteiger partial charge in [-0.25, -0.2) is 4.39 Å². The van der Waals surface area contributed by atoms with Gasteiger partial charge in [0.05, 0.1) is 25.2 Å². The summed E-state index contributed by atoms with van der Waals surface area (Å²) in [4.78, 5) is 17.4. The van der Waals surface area contributed by atoms with Gasteiger partial charge in [0, 0.05) is 24.1 Å². The molecule has 0 bridgehead atoms. The Morgan fingerprint density at radius 2 is 1.52 bits per heavy atom. The highest BCUT2D eigenvalue weighted by molar-refractivity contribution is 7.98. The van der Waals surface area contributed by atoms with Gasteiger partial charge < -0.3 is 19.8 Å². The van der Waals surface area contributed by atoms with Crippen molar-refractivity contribution in [1.82, 2.24) is 34.9 Å². The summed E-state index contributed by atoms with van der Waals surface area (Å²) in [6, 6.07) is 18.9. The van der Waals surface area contributed by atoms with Crippen molar-refractivity contribution in [2.45, 2.75) is 56.0 Å². The average molecular weight is 694 g/mol. The third-order valence-corrected chi connectivity index (χ3v) is 9.56. The average Bonchev–Trinajstić information content (AvgIpc) is 3.73. The molecule has 6 rings (SSSR count). The van der Waals surface area contributed by atoms with Crippen LogP contribution in [0.4, 0.5) is 17.6 Å². The first kappa shape index (κ1) is 33.3. The summed E-state index contributed by atoms with van der Waals surface area (Å²) in [5.74, 6) is 1.48. The van der Waals surface area contributed by atoms with Crippen LogP contribution in [0.5, 0.6) is 0 Å². The Kier molecular flexibility index (Phi) is 9.92. The molecule has 0 atom stereocenters. The number of nitrogens with one attached hydrogen (secondary N) is 2. The number of halogens is 4. The Morgan fingerprint density at radius 3 is 2.19 bits per heavy atom. The van der Waals surface area contributed by atoms with E-state index in [1.807, 2.05) is 33.4 Å². The van der Waals surface area contributed by atoms with Crippen molar-refractivity contribution in [2.75, 3.05) is 7.05 Å². The zero-order valence-electron chi connectivity index (χ0n) is 25.9. The maximum atomic E-state index is 13.5. The number of thioether (sulfide) groups is 1. The normalized spacial score (nSPS) is 12.6. The van der Waals surface area contributed by atoms with Crippen LogP contribution in [0.2, 0.25) is 0 Å². The van der Waals surface area contributed by atoms with Gasteiger partial charge >= 0.3 is 6.18 Å². The summed E-state index contributed by atoms with van der Waals surface area (Å²) in [5, 5.41) is 16.1. The van der Waals surface area contributed by atoms with Crippen LogP contribution in [0.1, 0.15) is 46.0 Å². The standard InChI is InChI=1S/C34H31F4N7OS2/c1-39-32(47)40-17-29-42-43-30(45(29)18-21-5-9-23(10-6-21)24-11-13-25(14-12-24)34(36,37)38)19-44-28-4-2-3-27(28)31(46)41-33(44)48-20-22-7-15-26(35)16-8-22/h5-16H,2-4,17-20H2,1H3,(H2,39,40,47). The number of hydrogen-bond donors (Lipinski definition) is 2. The third kappa shape index (κ3) is 7.60. The van der Waals surface area contributed by atoms with Crippen molar-refractivity contribution < 1.29 is 17.6 Å². The molecule has 0 radical (unpaired) electrons. The van der Waals surface area contributed by atoms with E-state index < -0.39 is 11.7 Å². The van der Waals surface area contributed by atoms with Gasteiger partial charge in [-0.2, -0.15) is 18.2 Å². The number of hydrogen-bond acceptors (Lipinski definition) is 6. The molecule has 1 aliphatic rings. The molecule has 14 heteroatoms. The van der Waals surface area contributed by atoms with Crippen LogP contribution in [0, 0.1) is 5.82 Å². The van der Waals surface area contributed by atoms with Gasteiger partial charge in [-0.1, -0.05) is 60.3 Å². The molecule has 0 saturated heterocycles. The van der Waals surface area contributed by atoms with Crippen LogP contribution in [0.3, 0.4) is 0 Å². The van der Waals surface area contributed by atoms with E-state index in [1.165, 1.54) is 36.0 Å². The summed E-state index contributed by atoms with van der Waals surface area (Å²) in [5.41, 5.74) is 4.03. The first-order valence-corrected chi connectivity index (χ1v) is 16.6. The molecule has 3 aromatic carbocycles. The van der Waals surface area contributed by atoms with E-state index in [4.69, 9.17) is 12.2 Å². The minimum atomic E-state index is -4.39. The molecule has 0 fully saturated rings. The predicted molar refractivity (Wildman–Crippen MR) is 180 cm³/mol. The number of fused-ring (bicyclic) bond motifs is 1. The van der Waals surface area contributed by atoms with E-state index in [1.54, 1.807) is 19.2 Å². The molecule has 8 nitrogen and oxygen atoms in total. The minimum absolute atomic E-state index is 0.222. The van der Waals surface area contributed by atoms with Gasteiger partial charge in [0.1, 0.15) is 5.82 Å². The maximum Gasteiger partial charge on any atom is 0.416 e. The van der Waals surface area contributed by atoms with Crippen LogP contribution in [0.15, 0.2) is 82.7 Å². The lowest BCUT2D eigenvalue weighted by Gasteiger charge is -2.18. The van der Waals surface area contributed by atoms with Crippen LogP contribution in [-0.4, -0.2) is 36.5 Å². The zero-order chi connectivity index (χ0) is 33.8. The van der Waals surface area contributed by atoms with Crippen LogP contribution >= 0.6 is 24.0 Å². The lowest BCUT2D eigenvalue weighted by Crippen LogP contribution is -2.33. The fourth-order valence-electron chi connectivity index (χ4n) is 5.62. The van der Waals surface area contributed by atoms with Gasteiger partial charge in [0.15, 0.2) is 21.9 Å². The molecule has 248 valence electrons. The molecule has 0 aliphatic heterocycles. The van der Waals surface area contributed by atoms with Gasteiger partial charge in [-0.15, -0.1) is 10.2 Å². The fourth-order valence-corrected chi connectivity index (χ4v) is 6.66. The van der Waals surface area contributed by atoms with Crippen molar-refractivity contribution >= 4 is 29.1 Å². The van der Waals surface area contributed by atoms with Crippen LogP contribution < -0.4 is 16.2 Å². The summed E-state index contributed by atoms with van der Waals surface area (Å²) in [6.45, 7) is 1.03. The SMILES string of the molecule is CNC(=S)NCc1nnc(Cn2c(SCc3ccc(F)cc3)nc(=O)c3c2CCC3)n1Cc1ccc(-c2ccc(C(F)(F)F)cc2)cc1. The van der Waals surface area contributed by atoms with E-state index in [9.17, 15) is 22.4 Å². The topological polar surface area (TPSA) is 89.7 Å². The molecule has 0 spiro atoms. The van der Waals surface area contributed by atoms with E-state index in [0.717, 1.165) is 47.4 Å². The van der Waals surface area contributed by atoms with E-state index in [2.05, 4.69) is 25.8 Å². The molecule has 2 heterocycles. The molecule has 0 saturated carbocycles. The second kappa shape index (κ2) is 14.3. The van der Waals surface area contributed by atoms with Gasteiger partial charge in [-0.05, 0) is 78.0 Å². The highest BCUT2D eigenvalue weighted by atomic mass is 32.2. The summed E-state index contributed by atoms with van der Waals surface area (Å²) >= 11 is 6.69. The first-order chi connectivity index (χ1) is 23.1. The second-order valence-electron chi connectivity index (χ2n) is 11.3. The number of aromatic nitrogens is 5. The summed E-state index contributed by atoms with van der Waals surface area (Å²) < 4.78 is 56.7. The van der Waals surface area contributed by atoms with Crippen molar-refractivity contribution in [3.8, 4) is 11.1 Å². The number of alkyl halides is 3. The fraction of sp³-hybridized carbons (Fsp3) is 0.265. The van der Waals surface area contributed by atoms with E-state index in [-0.39, 0.29) is 11.4 Å². The minimum Gasteiger partial charge on any atom is -0.366 e. The zero-order valence-corrected chi connectivity index (χ0v) is 27.5. The largest absolute Gasteiger partial charge is 0.416 e. The van der Waals surface area contributed by atoms with Gasteiger partial charge in [0.2, 0.25) is 0 Å². The second-order valence-corrected chi connectivity index (χ2v) is 12.7. The molecule has 5 aromatic rings. The maximum absolute atomic E-state index is 13.5. The number of nitrogens with zero attached hydrogens (tertiary/aromatic N) is 5. The summed E-state index contributed by atoms with van der Waals surface area (Å²) in [7, 11) is 1.72. The number of rotatable bonds is 10.